The van der Waals surface area contributed by atoms with Crippen molar-refractivity contribution < 1.29 is 9.90 Å². The van der Waals surface area contributed by atoms with E-state index in [4.69, 9.17) is 0 Å². The molecule has 0 heterocycles. The van der Waals surface area contributed by atoms with Crippen LogP contribution in [-0.2, 0) is 4.79 Å². The minimum Gasteiger partial charge on any atom is -0.396 e. The molecular formula is C23H32N2O2. The van der Waals surface area contributed by atoms with Crippen molar-refractivity contribution in [3.05, 3.63) is 71.8 Å². The van der Waals surface area contributed by atoms with Crippen molar-refractivity contribution in [2.24, 2.45) is 0 Å². The van der Waals surface area contributed by atoms with Gasteiger partial charge in [0.15, 0.2) is 0 Å². The van der Waals surface area contributed by atoms with Crippen molar-refractivity contribution in [3.8, 4) is 0 Å². The lowest BCUT2D eigenvalue weighted by Crippen LogP contribution is -2.48. The van der Waals surface area contributed by atoms with Crippen LogP contribution in [0.15, 0.2) is 60.7 Å². The van der Waals surface area contributed by atoms with E-state index < -0.39 is 0 Å². The largest absolute Gasteiger partial charge is 0.396 e. The summed E-state index contributed by atoms with van der Waals surface area (Å²) < 4.78 is 0. The molecule has 0 aromatic heterocycles. The number of amides is 1. The van der Waals surface area contributed by atoms with Gasteiger partial charge < -0.3 is 10.4 Å². The highest BCUT2D eigenvalue weighted by Crippen LogP contribution is 2.28. The van der Waals surface area contributed by atoms with Crippen molar-refractivity contribution in [1.29, 1.82) is 0 Å². The van der Waals surface area contributed by atoms with Crippen LogP contribution >= 0.6 is 0 Å². The Bertz CT molecular complexity index is 647. The van der Waals surface area contributed by atoms with Gasteiger partial charge in [0, 0.05) is 18.7 Å². The van der Waals surface area contributed by atoms with Gasteiger partial charge in [-0.25, -0.2) is 0 Å². The lowest BCUT2D eigenvalue weighted by molar-refractivity contribution is -0.124. The van der Waals surface area contributed by atoms with Crippen molar-refractivity contribution in [2.75, 3.05) is 19.7 Å². The van der Waals surface area contributed by atoms with Gasteiger partial charge in [-0.3, -0.25) is 9.69 Å². The van der Waals surface area contributed by atoms with Crippen LogP contribution in [-0.4, -0.2) is 41.1 Å². The van der Waals surface area contributed by atoms with Gasteiger partial charge in [-0.1, -0.05) is 67.6 Å². The molecule has 0 fully saturated rings. The standard InChI is InChI=1S/C23H32N2O2/c1-4-23(2,3)24-21(27)18-25(16-11-17-26)22(19-12-7-5-8-13-19)20-14-9-6-10-15-20/h5-10,12-15,22,26H,4,11,16-18H2,1-3H3,(H,24,27). The highest BCUT2D eigenvalue weighted by atomic mass is 16.3. The molecule has 0 unspecified atom stereocenters. The Hall–Kier alpha value is -2.17. The summed E-state index contributed by atoms with van der Waals surface area (Å²) >= 11 is 0. The van der Waals surface area contributed by atoms with E-state index in [9.17, 15) is 9.90 Å². The summed E-state index contributed by atoms with van der Waals surface area (Å²) in [5, 5.41) is 12.5. The Balaban J connectivity index is 2.32. The molecule has 27 heavy (non-hydrogen) atoms. The summed E-state index contributed by atoms with van der Waals surface area (Å²) in [4.78, 5) is 14.9. The normalized spacial score (nSPS) is 11.8. The van der Waals surface area contributed by atoms with E-state index in [-0.39, 0.29) is 30.6 Å². The molecular weight excluding hydrogens is 336 g/mol. The molecule has 2 rings (SSSR count). The van der Waals surface area contributed by atoms with Gasteiger partial charge in [0.2, 0.25) is 5.91 Å². The van der Waals surface area contributed by atoms with Gasteiger partial charge in [-0.15, -0.1) is 0 Å². The molecule has 0 saturated heterocycles. The highest BCUT2D eigenvalue weighted by molar-refractivity contribution is 5.79. The molecule has 0 spiro atoms. The SMILES string of the molecule is CCC(C)(C)NC(=O)CN(CCCO)C(c1ccccc1)c1ccccc1. The predicted octanol–water partition coefficient (Wildman–Crippen LogP) is 3.77. The van der Waals surface area contributed by atoms with Crippen molar-refractivity contribution >= 4 is 5.91 Å². The fraction of sp³-hybridized carbons (Fsp3) is 0.435. The van der Waals surface area contributed by atoms with Crippen LogP contribution in [0.5, 0.6) is 0 Å². The number of hydrogen-bond donors (Lipinski definition) is 2. The van der Waals surface area contributed by atoms with Crippen LogP contribution in [0.1, 0.15) is 50.8 Å². The quantitative estimate of drug-likeness (QED) is 0.671. The fourth-order valence-corrected chi connectivity index (χ4v) is 3.15. The minimum atomic E-state index is -0.227. The molecule has 0 saturated carbocycles. The first-order valence-electron chi connectivity index (χ1n) is 9.72. The third kappa shape index (κ3) is 6.49. The topological polar surface area (TPSA) is 52.6 Å². The van der Waals surface area contributed by atoms with Crippen LogP contribution in [0.3, 0.4) is 0 Å². The third-order valence-corrected chi connectivity index (χ3v) is 4.91. The maximum atomic E-state index is 12.7. The molecule has 146 valence electrons. The third-order valence-electron chi connectivity index (χ3n) is 4.91. The second-order valence-corrected chi connectivity index (χ2v) is 7.56. The van der Waals surface area contributed by atoms with E-state index in [1.807, 2.05) is 50.2 Å². The molecule has 1 amide bonds. The lowest BCUT2D eigenvalue weighted by atomic mass is 9.96. The number of hydrogen-bond acceptors (Lipinski definition) is 3. The summed E-state index contributed by atoms with van der Waals surface area (Å²) in [6, 6.07) is 20.4. The van der Waals surface area contributed by atoms with Gasteiger partial charge in [0.25, 0.3) is 0 Å². The van der Waals surface area contributed by atoms with E-state index in [1.54, 1.807) is 0 Å². The summed E-state index contributed by atoms with van der Waals surface area (Å²) in [6.45, 7) is 7.18. The van der Waals surface area contributed by atoms with Crippen LogP contribution in [0, 0.1) is 0 Å². The van der Waals surface area contributed by atoms with E-state index in [1.165, 1.54) is 0 Å². The van der Waals surface area contributed by atoms with Gasteiger partial charge in [-0.05, 0) is 37.8 Å². The van der Waals surface area contributed by atoms with Crippen LogP contribution < -0.4 is 5.32 Å². The van der Waals surface area contributed by atoms with Gasteiger partial charge in [-0.2, -0.15) is 0 Å². The summed E-state index contributed by atoms with van der Waals surface area (Å²) in [5.74, 6) is 0.0108. The molecule has 0 radical (unpaired) electrons. The minimum absolute atomic E-state index is 0.0108. The molecule has 2 aromatic rings. The highest BCUT2D eigenvalue weighted by Gasteiger charge is 2.26. The molecule has 2 aromatic carbocycles. The number of carbonyl (C=O) groups excluding carboxylic acids is 1. The van der Waals surface area contributed by atoms with Crippen molar-refractivity contribution in [1.82, 2.24) is 10.2 Å². The molecule has 2 N–H and O–H groups in total. The van der Waals surface area contributed by atoms with E-state index in [2.05, 4.69) is 41.4 Å². The van der Waals surface area contributed by atoms with Crippen molar-refractivity contribution in [3.63, 3.8) is 0 Å². The molecule has 0 aliphatic carbocycles. The maximum Gasteiger partial charge on any atom is 0.234 e. The summed E-state index contributed by atoms with van der Waals surface area (Å²) in [7, 11) is 0. The Morgan fingerprint density at radius 1 is 1.04 bits per heavy atom. The number of carbonyl (C=O) groups is 1. The molecule has 0 aliphatic rings. The van der Waals surface area contributed by atoms with Gasteiger partial charge in [0.05, 0.1) is 12.6 Å². The number of aliphatic hydroxyl groups excluding tert-OH is 1. The fourth-order valence-electron chi connectivity index (χ4n) is 3.15. The van der Waals surface area contributed by atoms with E-state index >= 15 is 0 Å². The maximum absolute atomic E-state index is 12.7. The smallest absolute Gasteiger partial charge is 0.234 e. The van der Waals surface area contributed by atoms with E-state index in [0.29, 0.717) is 13.0 Å². The number of nitrogens with zero attached hydrogens (tertiary/aromatic N) is 1. The van der Waals surface area contributed by atoms with E-state index in [0.717, 1.165) is 17.5 Å². The molecule has 0 aliphatic heterocycles. The number of nitrogens with one attached hydrogen (secondary N) is 1. The molecule has 0 atom stereocenters. The van der Waals surface area contributed by atoms with Gasteiger partial charge >= 0.3 is 0 Å². The number of benzene rings is 2. The first-order chi connectivity index (χ1) is 13.0. The average molecular weight is 369 g/mol. The summed E-state index contributed by atoms with van der Waals surface area (Å²) in [6.07, 6.45) is 1.50. The first kappa shape index (κ1) is 21.1. The second kappa shape index (κ2) is 10.2. The molecule has 0 bridgehead atoms. The zero-order valence-electron chi connectivity index (χ0n) is 16.7. The van der Waals surface area contributed by atoms with Crippen LogP contribution in [0.4, 0.5) is 0 Å². The molecule has 4 nitrogen and oxygen atoms in total. The Morgan fingerprint density at radius 2 is 1.56 bits per heavy atom. The zero-order valence-corrected chi connectivity index (χ0v) is 16.7. The number of rotatable bonds is 10. The van der Waals surface area contributed by atoms with Crippen molar-refractivity contribution in [2.45, 2.75) is 45.2 Å². The Morgan fingerprint density at radius 3 is 2.00 bits per heavy atom. The zero-order chi connectivity index (χ0) is 19.7. The lowest BCUT2D eigenvalue weighted by Gasteiger charge is -2.33. The second-order valence-electron chi connectivity index (χ2n) is 7.56. The average Bonchev–Trinajstić information content (AvgIpc) is 2.67. The first-order valence-corrected chi connectivity index (χ1v) is 9.72. The Kier molecular flexibility index (Phi) is 8.01. The van der Waals surface area contributed by atoms with Crippen LogP contribution in [0.25, 0.3) is 0 Å². The predicted molar refractivity (Wildman–Crippen MR) is 111 cm³/mol. The summed E-state index contributed by atoms with van der Waals surface area (Å²) in [5.41, 5.74) is 2.06. The number of aliphatic hydroxyl groups is 1. The van der Waals surface area contributed by atoms with Gasteiger partial charge in [0.1, 0.15) is 0 Å². The Labute approximate surface area is 163 Å². The monoisotopic (exact) mass is 368 g/mol. The van der Waals surface area contributed by atoms with Crippen LogP contribution in [0.2, 0.25) is 0 Å². The molecule has 4 heteroatoms.